The molecule has 1 unspecified atom stereocenters. The number of amides is 1. The van der Waals surface area contributed by atoms with Crippen molar-refractivity contribution < 1.29 is 4.79 Å². The second-order valence-corrected chi connectivity index (χ2v) is 4.76. The van der Waals surface area contributed by atoms with Gasteiger partial charge in [-0.25, -0.2) is 0 Å². The molecule has 0 saturated heterocycles. The fraction of sp³-hybridized carbons (Fsp3) is 0.538. The number of rotatable bonds is 5. The number of carbonyl (C=O) groups is 1. The normalized spacial score (nSPS) is 16.6. The van der Waals surface area contributed by atoms with Crippen LogP contribution in [0.25, 0.3) is 0 Å². The van der Waals surface area contributed by atoms with Gasteiger partial charge in [0.15, 0.2) is 0 Å². The van der Waals surface area contributed by atoms with Gasteiger partial charge in [0.1, 0.15) is 0 Å². The summed E-state index contributed by atoms with van der Waals surface area (Å²) < 4.78 is 0. The molecule has 3 N–H and O–H groups in total. The molecule has 1 heterocycles. The summed E-state index contributed by atoms with van der Waals surface area (Å²) in [6.45, 7) is 3.30. The predicted molar refractivity (Wildman–Crippen MR) is 66.3 cm³/mol. The van der Waals surface area contributed by atoms with E-state index in [0.29, 0.717) is 18.0 Å². The van der Waals surface area contributed by atoms with Crippen LogP contribution in [0.15, 0.2) is 18.3 Å². The van der Waals surface area contributed by atoms with Crippen molar-refractivity contribution in [2.45, 2.75) is 26.3 Å². The zero-order valence-electron chi connectivity index (χ0n) is 10.1. The number of nitrogens with one attached hydrogen (secondary N) is 1. The van der Waals surface area contributed by atoms with E-state index in [9.17, 15) is 4.79 Å². The molecule has 0 spiro atoms. The van der Waals surface area contributed by atoms with Crippen molar-refractivity contribution in [1.29, 1.82) is 0 Å². The maximum absolute atomic E-state index is 11.9. The number of nitrogens with two attached hydrogens (primary N) is 1. The molecule has 0 radical (unpaired) electrons. The summed E-state index contributed by atoms with van der Waals surface area (Å²) in [6.07, 6.45) is 4.24. The van der Waals surface area contributed by atoms with Crippen molar-refractivity contribution in [1.82, 2.24) is 10.3 Å². The zero-order valence-corrected chi connectivity index (χ0v) is 10.1. The van der Waals surface area contributed by atoms with Crippen molar-refractivity contribution in [2.75, 3.05) is 6.54 Å². The van der Waals surface area contributed by atoms with Crippen molar-refractivity contribution in [3.63, 3.8) is 0 Å². The number of nitrogens with zero attached hydrogens (tertiary/aromatic N) is 1. The Labute approximate surface area is 102 Å². The first-order valence-electron chi connectivity index (χ1n) is 6.14. The smallest absolute Gasteiger partial charge is 0.251 e. The highest BCUT2D eigenvalue weighted by Crippen LogP contribution is 2.36. The summed E-state index contributed by atoms with van der Waals surface area (Å²) in [6, 6.07) is 3.47. The molecule has 1 atom stereocenters. The standard InChI is InChI=1S/C13H19N3O/c1-9(10-2-3-10)8-16-13(17)11-4-5-15-12(6-11)7-14/h4-6,9-10H,2-3,7-8,14H2,1H3,(H,16,17). The number of aromatic nitrogens is 1. The number of hydrogen-bond acceptors (Lipinski definition) is 3. The molecule has 1 aliphatic carbocycles. The van der Waals surface area contributed by atoms with Crippen LogP contribution in [-0.2, 0) is 6.54 Å². The number of carbonyl (C=O) groups excluding carboxylic acids is 1. The van der Waals surface area contributed by atoms with Gasteiger partial charge in [-0.15, -0.1) is 0 Å². The molecule has 0 bridgehead atoms. The minimum atomic E-state index is -0.0328. The summed E-state index contributed by atoms with van der Waals surface area (Å²) in [5.74, 6) is 1.36. The average molecular weight is 233 g/mol. The van der Waals surface area contributed by atoms with Gasteiger partial charge in [0, 0.05) is 24.8 Å². The quantitative estimate of drug-likeness (QED) is 0.806. The molecule has 0 aliphatic heterocycles. The second kappa shape index (κ2) is 5.27. The van der Waals surface area contributed by atoms with Crippen molar-refractivity contribution in [2.24, 2.45) is 17.6 Å². The van der Waals surface area contributed by atoms with E-state index in [-0.39, 0.29) is 5.91 Å². The Morgan fingerprint density at radius 3 is 3.06 bits per heavy atom. The van der Waals surface area contributed by atoms with Gasteiger partial charge in [0.25, 0.3) is 5.91 Å². The Bertz CT molecular complexity index is 401. The zero-order chi connectivity index (χ0) is 12.3. The lowest BCUT2D eigenvalue weighted by molar-refractivity contribution is 0.0946. The van der Waals surface area contributed by atoms with Crippen LogP contribution >= 0.6 is 0 Å². The number of pyridine rings is 1. The Morgan fingerprint density at radius 1 is 1.65 bits per heavy atom. The predicted octanol–water partition coefficient (Wildman–Crippen LogP) is 1.32. The molecule has 1 saturated carbocycles. The first kappa shape index (κ1) is 12.0. The van der Waals surface area contributed by atoms with Gasteiger partial charge < -0.3 is 11.1 Å². The van der Waals surface area contributed by atoms with Crippen LogP contribution in [0.1, 0.15) is 35.8 Å². The Morgan fingerprint density at radius 2 is 2.41 bits per heavy atom. The van der Waals surface area contributed by atoms with Crippen LogP contribution < -0.4 is 11.1 Å². The monoisotopic (exact) mass is 233 g/mol. The highest BCUT2D eigenvalue weighted by Gasteiger charge is 2.27. The van der Waals surface area contributed by atoms with Crippen molar-refractivity contribution in [3.8, 4) is 0 Å². The first-order valence-corrected chi connectivity index (χ1v) is 6.14. The van der Waals surface area contributed by atoms with E-state index in [4.69, 9.17) is 5.73 Å². The SMILES string of the molecule is CC(CNC(=O)c1ccnc(CN)c1)C1CC1. The van der Waals surface area contributed by atoms with Crippen LogP contribution in [-0.4, -0.2) is 17.4 Å². The summed E-state index contributed by atoms with van der Waals surface area (Å²) in [7, 11) is 0. The van der Waals surface area contributed by atoms with Crippen LogP contribution in [0.2, 0.25) is 0 Å². The molecule has 1 amide bonds. The van der Waals surface area contributed by atoms with E-state index in [2.05, 4.69) is 17.2 Å². The first-order chi connectivity index (χ1) is 8.20. The molecule has 1 aromatic rings. The van der Waals surface area contributed by atoms with Gasteiger partial charge in [-0.1, -0.05) is 6.92 Å². The summed E-state index contributed by atoms with van der Waals surface area (Å²) in [5.41, 5.74) is 6.88. The van der Waals surface area contributed by atoms with Crippen LogP contribution in [0.5, 0.6) is 0 Å². The van der Waals surface area contributed by atoms with Gasteiger partial charge >= 0.3 is 0 Å². The van der Waals surface area contributed by atoms with Gasteiger partial charge in [-0.2, -0.15) is 0 Å². The Balaban J connectivity index is 1.89. The highest BCUT2D eigenvalue weighted by atomic mass is 16.1. The molecule has 1 aliphatic rings. The lowest BCUT2D eigenvalue weighted by Gasteiger charge is -2.11. The summed E-state index contributed by atoms with van der Waals surface area (Å²) in [4.78, 5) is 15.9. The molecule has 1 aromatic heterocycles. The highest BCUT2D eigenvalue weighted by molar-refractivity contribution is 5.94. The third-order valence-corrected chi connectivity index (χ3v) is 3.30. The maximum atomic E-state index is 11.9. The molecule has 17 heavy (non-hydrogen) atoms. The minimum Gasteiger partial charge on any atom is -0.352 e. The topological polar surface area (TPSA) is 68.0 Å². The second-order valence-electron chi connectivity index (χ2n) is 4.76. The van der Waals surface area contributed by atoms with E-state index in [1.807, 2.05) is 0 Å². The van der Waals surface area contributed by atoms with Crippen LogP contribution in [0.4, 0.5) is 0 Å². The minimum absolute atomic E-state index is 0.0328. The van der Waals surface area contributed by atoms with E-state index in [0.717, 1.165) is 18.2 Å². The third kappa shape index (κ3) is 3.27. The Kier molecular flexibility index (Phi) is 3.74. The van der Waals surface area contributed by atoms with Gasteiger partial charge in [-0.3, -0.25) is 9.78 Å². The van der Waals surface area contributed by atoms with E-state index < -0.39 is 0 Å². The van der Waals surface area contributed by atoms with Crippen molar-refractivity contribution in [3.05, 3.63) is 29.6 Å². The molecular formula is C13H19N3O. The summed E-state index contributed by atoms with van der Waals surface area (Å²) in [5, 5.41) is 2.96. The molecule has 1 fully saturated rings. The van der Waals surface area contributed by atoms with Gasteiger partial charge in [0.05, 0.1) is 5.69 Å². The van der Waals surface area contributed by atoms with E-state index in [1.54, 1.807) is 18.3 Å². The lowest BCUT2D eigenvalue weighted by atomic mass is 10.1. The van der Waals surface area contributed by atoms with Crippen molar-refractivity contribution >= 4 is 5.91 Å². The van der Waals surface area contributed by atoms with E-state index in [1.165, 1.54) is 12.8 Å². The van der Waals surface area contributed by atoms with Crippen LogP contribution in [0.3, 0.4) is 0 Å². The third-order valence-electron chi connectivity index (χ3n) is 3.30. The molecule has 4 nitrogen and oxygen atoms in total. The molecule has 2 rings (SSSR count). The molecule has 92 valence electrons. The lowest BCUT2D eigenvalue weighted by Crippen LogP contribution is -2.29. The molecule has 4 heteroatoms. The fourth-order valence-corrected chi connectivity index (χ4v) is 1.92. The molecule has 0 aromatic carbocycles. The van der Waals surface area contributed by atoms with Crippen LogP contribution in [0, 0.1) is 11.8 Å². The summed E-state index contributed by atoms with van der Waals surface area (Å²) >= 11 is 0. The van der Waals surface area contributed by atoms with E-state index >= 15 is 0 Å². The van der Waals surface area contributed by atoms with Gasteiger partial charge in [0.2, 0.25) is 0 Å². The average Bonchev–Trinajstić information content (AvgIpc) is 3.19. The van der Waals surface area contributed by atoms with Gasteiger partial charge in [-0.05, 0) is 36.8 Å². The molecular weight excluding hydrogens is 214 g/mol. The fourth-order valence-electron chi connectivity index (χ4n) is 1.92. The Hall–Kier alpha value is -1.42. The largest absolute Gasteiger partial charge is 0.352 e. The number of hydrogen-bond donors (Lipinski definition) is 2. The maximum Gasteiger partial charge on any atom is 0.251 e.